The summed E-state index contributed by atoms with van der Waals surface area (Å²) in [4.78, 5) is 6.97. The summed E-state index contributed by atoms with van der Waals surface area (Å²) < 4.78 is 0. The number of aliphatic hydroxyl groups is 1. The quantitative estimate of drug-likeness (QED) is 0.681. The molecule has 0 aromatic carbocycles. The zero-order chi connectivity index (χ0) is 8.27. The van der Waals surface area contributed by atoms with Gasteiger partial charge in [0.2, 0.25) is 0 Å². The van der Waals surface area contributed by atoms with E-state index < -0.39 is 0 Å². The van der Waals surface area contributed by atoms with Crippen molar-refractivity contribution < 1.29 is 5.11 Å². The summed E-state index contributed by atoms with van der Waals surface area (Å²) in [5, 5.41) is 9.44. The van der Waals surface area contributed by atoms with E-state index in [0.29, 0.717) is 12.3 Å². The fraction of sp³-hybridized carbons (Fsp3) is 0.625. The van der Waals surface area contributed by atoms with Crippen molar-refractivity contribution in [3.8, 4) is 0 Å². The molecule has 0 amide bonds. The molecule has 1 atom stereocenters. The monoisotopic (exact) mass is 154 g/mol. The molecule has 1 heterocycles. The van der Waals surface area contributed by atoms with E-state index in [2.05, 4.69) is 9.97 Å². The van der Waals surface area contributed by atoms with E-state index >= 15 is 0 Å². The average molecular weight is 154 g/mol. The first kappa shape index (κ1) is 8.27. The second kappa shape index (κ2) is 3.53. The van der Waals surface area contributed by atoms with E-state index in [-0.39, 0.29) is 6.10 Å². The molecular formula is C8H14N2O. The van der Waals surface area contributed by atoms with E-state index in [1.165, 1.54) is 0 Å². The fourth-order valence-corrected chi connectivity index (χ4v) is 0.843. The maximum atomic E-state index is 9.44. The summed E-state index contributed by atoms with van der Waals surface area (Å²) in [7, 11) is 0. The molecule has 0 fully saturated rings. The van der Waals surface area contributed by atoms with Crippen LogP contribution in [0.1, 0.15) is 19.7 Å². The van der Waals surface area contributed by atoms with Gasteiger partial charge in [0.15, 0.2) is 0 Å². The molecule has 0 aliphatic rings. The lowest BCUT2D eigenvalue weighted by molar-refractivity contribution is 0.124. The smallest absolute Gasteiger partial charge is 0.108 e. The van der Waals surface area contributed by atoms with Crippen LogP contribution in [-0.2, 0) is 6.42 Å². The van der Waals surface area contributed by atoms with Crippen molar-refractivity contribution in [2.45, 2.75) is 26.4 Å². The van der Waals surface area contributed by atoms with E-state index in [1.807, 2.05) is 13.8 Å². The Balaban J connectivity index is 2.43. The van der Waals surface area contributed by atoms with Gasteiger partial charge in [-0.2, -0.15) is 0 Å². The molecule has 3 heteroatoms. The van der Waals surface area contributed by atoms with Gasteiger partial charge in [-0.25, -0.2) is 4.98 Å². The van der Waals surface area contributed by atoms with Crippen LogP contribution in [0.4, 0.5) is 0 Å². The second-order valence-corrected chi connectivity index (χ2v) is 3.05. The first-order valence-electron chi connectivity index (χ1n) is 3.86. The van der Waals surface area contributed by atoms with Crippen molar-refractivity contribution in [1.82, 2.24) is 9.97 Å². The molecule has 1 unspecified atom stereocenters. The molecule has 0 radical (unpaired) electrons. The molecular weight excluding hydrogens is 140 g/mol. The van der Waals surface area contributed by atoms with Crippen LogP contribution in [0.25, 0.3) is 0 Å². The molecule has 1 rings (SSSR count). The maximum Gasteiger partial charge on any atom is 0.108 e. The van der Waals surface area contributed by atoms with Gasteiger partial charge in [0.05, 0.1) is 6.10 Å². The van der Waals surface area contributed by atoms with E-state index in [4.69, 9.17) is 0 Å². The Kier molecular flexibility index (Phi) is 2.65. The van der Waals surface area contributed by atoms with Gasteiger partial charge < -0.3 is 10.1 Å². The molecule has 0 aliphatic carbocycles. The van der Waals surface area contributed by atoms with Gasteiger partial charge in [-0.15, -0.1) is 0 Å². The average Bonchev–Trinajstić information content (AvgIpc) is 2.39. The molecule has 0 aliphatic heterocycles. The molecule has 2 N–H and O–H groups in total. The van der Waals surface area contributed by atoms with Crippen molar-refractivity contribution in [2.24, 2.45) is 5.92 Å². The van der Waals surface area contributed by atoms with Crippen LogP contribution in [0.5, 0.6) is 0 Å². The number of aliphatic hydroxyl groups excluding tert-OH is 1. The zero-order valence-corrected chi connectivity index (χ0v) is 6.91. The first-order valence-corrected chi connectivity index (χ1v) is 3.86. The standard InChI is InChI=1S/C8H14N2O/c1-6(2)7(11)5-8-9-3-4-10-8/h3-4,6-7,11H,5H2,1-2H3,(H,9,10). The van der Waals surface area contributed by atoms with Crippen molar-refractivity contribution in [2.75, 3.05) is 0 Å². The molecule has 1 aromatic heterocycles. The van der Waals surface area contributed by atoms with Crippen LogP contribution in [0.15, 0.2) is 12.4 Å². The van der Waals surface area contributed by atoms with E-state index in [0.717, 1.165) is 5.82 Å². The van der Waals surface area contributed by atoms with Gasteiger partial charge in [0, 0.05) is 18.8 Å². The molecule has 0 spiro atoms. The lowest BCUT2D eigenvalue weighted by Gasteiger charge is -2.11. The van der Waals surface area contributed by atoms with Crippen molar-refractivity contribution in [1.29, 1.82) is 0 Å². The van der Waals surface area contributed by atoms with Gasteiger partial charge in [0.25, 0.3) is 0 Å². The number of rotatable bonds is 3. The first-order chi connectivity index (χ1) is 5.20. The third-order valence-corrected chi connectivity index (χ3v) is 1.73. The molecule has 0 saturated heterocycles. The topological polar surface area (TPSA) is 48.9 Å². The summed E-state index contributed by atoms with van der Waals surface area (Å²) in [5.41, 5.74) is 0. The number of nitrogens with one attached hydrogen (secondary N) is 1. The minimum absolute atomic E-state index is 0.291. The van der Waals surface area contributed by atoms with Crippen LogP contribution < -0.4 is 0 Å². The summed E-state index contributed by atoms with van der Waals surface area (Å²) in [6, 6.07) is 0. The van der Waals surface area contributed by atoms with Crippen LogP contribution in [0, 0.1) is 5.92 Å². The number of imidazole rings is 1. The Morgan fingerprint density at radius 2 is 2.36 bits per heavy atom. The summed E-state index contributed by atoms with van der Waals surface area (Å²) in [6.07, 6.45) is 3.79. The Bertz CT molecular complexity index is 194. The number of nitrogens with zero attached hydrogens (tertiary/aromatic N) is 1. The van der Waals surface area contributed by atoms with Crippen molar-refractivity contribution in [3.05, 3.63) is 18.2 Å². The lowest BCUT2D eigenvalue weighted by Crippen LogP contribution is -2.18. The van der Waals surface area contributed by atoms with Crippen molar-refractivity contribution >= 4 is 0 Å². The van der Waals surface area contributed by atoms with Crippen LogP contribution in [0.2, 0.25) is 0 Å². The molecule has 3 nitrogen and oxygen atoms in total. The summed E-state index contributed by atoms with van der Waals surface area (Å²) in [5.74, 6) is 1.14. The van der Waals surface area contributed by atoms with Gasteiger partial charge in [-0.1, -0.05) is 13.8 Å². The van der Waals surface area contributed by atoms with Crippen LogP contribution in [0.3, 0.4) is 0 Å². The third kappa shape index (κ3) is 2.35. The molecule has 62 valence electrons. The number of hydrogen-bond acceptors (Lipinski definition) is 2. The number of aromatic nitrogens is 2. The minimum atomic E-state index is -0.291. The largest absolute Gasteiger partial charge is 0.392 e. The van der Waals surface area contributed by atoms with Gasteiger partial charge in [-0.05, 0) is 5.92 Å². The molecule has 0 bridgehead atoms. The number of hydrogen-bond donors (Lipinski definition) is 2. The zero-order valence-electron chi connectivity index (χ0n) is 6.91. The molecule has 0 saturated carbocycles. The Morgan fingerprint density at radius 1 is 1.64 bits per heavy atom. The van der Waals surface area contributed by atoms with Crippen LogP contribution in [-0.4, -0.2) is 21.2 Å². The second-order valence-electron chi connectivity index (χ2n) is 3.05. The number of H-pyrrole nitrogens is 1. The molecule has 1 aromatic rings. The van der Waals surface area contributed by atoms with Gasteiger partial charge in [0.1, 0.15) is 5.82 Å². The fourth-order valence-electron chi connectivity index (χ4n) is 0.843. The highest BCUT2D eigenvalue weighted by atomic mass is 16.3. The highest BCUT2D eigenvalue weighted by molar-refractivity contribution is 4.89. The van der Waals surface area contributed by atoms with Crippen molar-refractivity contribution in [3.63, 3.8) is 0 Å². The SMILES string of the molecule is CC(C)C(O)Cc1ncc[nH]1. The normalized spacial score (nSPS) is 13.8. The predicted octanol–water partition coefficient (Wildman–Crippen LogP) is 0.969. The summed E-state index contributed by atoms with van der Waals surface area (Å²) in [6.45, 7) is 3.99. The van der Waals surface area contributed by atoms with Crippen LogP contribution >= 0.6 is 0 Å². The van der Waals surface area contributed by atoms with Gasteiger partial charge >= 0.3 is 0 Å². The van der Waals surface area contributed by atoms with Gasteiger partial charge in [-0.3, -0.25) is 0 Å². The minimum Gasteiger partial charge on any atom is -0.392 e. The lowest BCUT2D eigenvalue weighted by atomic mass is 10.0. The molecule has 11 heavy (non-hydrogen) atoms. The summed E-state index contributed by atoms with van der Waals surface area (Å²) >= 11 is 0. The highest BCUT2D eigenvalue weighted by Crippen LogP contribution is 2.05. The number of aromatic amines is 1. The highest BCUT2D eigenvalue weighted by Gasteiger charge is 2.10. The Labute approximate surface area is 66.5 Å². The maximum absolute atomic E-state index is 9.44. The van der Waals surface area contributed by atoms with E-state index in [1.54, 1.807) is 12.4 Å². The third-order valence-electron chi connectivity index (χ3n) is 1.73. The van der Waals surface area contributed by atoms with E-state index in [9.17, 15) is 5.11 Å². The predicted molar refractivity (Wildman–Crippen MR) is 43.1 cm³/mol. The Hall–Kier alpha value is -0.830. The Morgan fingerprint density at radius 3 is 2.82 bits per heavy atom.